The summed E-state index contributed by atoms with van der Waals surface area (Å²) in [6.45, 7) is 6.19. The second-order valence-electron chi connectivity index (χ2n) is 6.58. The topological polar surface area (TPSA) is 93.4 Å². The molecule has 2 N–H and O–H groups in total. The van der Waals surface area contributed by atoms with Gasteiger partial charge in [-0.25, -0.2) is 0 Å². The van der Waals surface area contributed by atoms with Gasteiger partial charge in [0.1, 0.15) is 0 Å². The molecular weight excluding hydrogens is 322 g/mol. The summed E-state index contributed by atoms with van der Waals surface area (Å²) in [5, 5.41) is 17.7. The van der Waals surface area contributed by atoms with Gasteiger partial charge >= 0.3 is 11.9 Å². The lowest BCUT2D eigenvalue weighted by Gasteiger charge is -2.26. The maximum Gasteiger partial charge on any atom is 0.304 e. The number of hydrogen-bond donors (Lipinski definition) is 2. The van der Waals surface area contributed by atoms with Crippen LogP contribution in [0.15, 0.2) is 4.99 Å². The van der Waals surface area contributed by atoms with Crippen molar-refractivity contribution in [3.63, 3.8) is 0 Å². The smallest absolute Gasteiger partial charge is 0.304 e. The lowest BCUT2D eigenvalue weighted by Crippen LogP contribution is -2.38. The van der Waals surface area contributed by atoms with E-state index in [1.807, 2.05) is 4.90 Å². The number of unbranched alkanes of at least 4 members (excludes halogenated alkanes) is 4. The molecule has 7 heteroatoms. The van der Waals surface area contributed by atoms with Crippen molar-refractivity contribution in [1.82, 2.24) is 9.80 Å². The van der Waals surface area contributed by atoms with Crippen LogP contribution in [-0.2, 0) is 9.59 Å². The quantitative estimate of drug-likeness (QED) is 0.438. The Morgan fingerprint density at radius 2 is 1.68 bits per heavy atom. The monoisotopic (exact) mass is 355 g/mol. The van der Waals surface area contributed by atoms with Crippen LogP contribution in [0.2, 0.25) is 0 Å². The number of aliphatic imine (C=N–C) groups is 1. The van der Waals surface area contributed by atoms with E-state index in [4.69, 9.17) is 10.2 Å². The van der Waals surface area contributed by atoms with Crippen LogP contribution in [0.4, 0.5) is 0 Å². The third kappa shape index (κ3) is 10.1. The maximum absolute atomic E-state index is 10.8. The van der Waals surface area contributed by atoms with Crippen LogP contribution in [0.3, 0.4) is 0 Å². The van der Waals surface area contributed by atoms with E-state index in [0.29, 0.717) is 19.6 Å². The first-order valence-electron chi connectivity index (χ1n) is 9.47. The molecule has 25 heavy (non-hydrogen) atoms. The third-order valence-electron chi connectivity index (χ3n) is 4.50. The molecule has 0 radical (unpaired) electrons. The van der Waals surface area contributed by atoms with E-state index in [1.54, 1.807) is 0 Å². The zero-order chi connectivity index (χ0) is 18.5. The Morgan fingerprint density at radius 3 is 2.28 bits per heavy atom. The van der Waals surface area contributed by atoms with Crippen LogP contribution >= 0.6 is 0 Å². The van der Waals surface area contributed by atoms with Gasteiger partial charge in [0.05, 0.1) is 25.2 Å². The lowest BCUT2D eigenvalue weighted by molar-refractivity contribution is -0.137. The van der Waals surface area contributed by atoms with Gasteiger partial charge in [-0.15, -0.1) is 0 Å². The largest absolute Gasteiger partial charge is 0.481 e. The van der Waals surface area contributed by atoms with Crippen molar-refractivity contribution in [1.29, 1.82) is 0 Å². The van der Waals surface area contributed by atoms with Gasteiger partial charge in [-0.3, -0.25) is 14.6 Å². The predicted molar refractivity (Wildman–Crippen MR) is 98.2 cm³/mol. The lowest BCUT2D eigenvalue weighted by atomic mass is 10.1. The molecule has 0 aromatic heterocycles. The Kier molecular flexibility index (Phi) is 10.9. The van der Waals surface area contributed by atoms with Gasteiger partial charge in [0.25, 0.3) is 0 Å². The first-order chi connectivity index (χ1) is 12.0. The SMILES string of the molecule is CCCCCCCC1=NCCN1CCN(CCC(=O)O)CCC(=O)O. The molecule has 0 spiro atoms. The summed E-state index contributed by atoms with van der Waals surface area (Å²) in [7, 11) is 0. The van der Waals surface area contributed by atoms with E-state index in [1.165, 1.54) is 25.7 Å². The van der Waals surface area contributed by atoms with E-state index in [2.05, 4.69) is 16.8 Å². The average Bonchev–Trinajstić information content (AvgIpc) is 3.01. The van der Waals surface area contributed by atoms with Crippen LogP contribution in [-0.4, -0.2) is 77.1 Å². The van der Waals surface area contributed by atoms with Gasteiger partial charge in [-0.2, -0.15) is 0 Å². The summed E-state index contributed by atoms with van der Waals surface area (Å²) >= 11 is 0. The first kappa shape index (κ1) is 21.4. The van der Waals surface area contributed by atoms with Gasteiger partial charge in [0.2, 0.25) is 0 Å². The average molecular weight is 355 g/mol. The number of nitrogens with zero attached hydrogens (tertiary/aromatic N) is 3. The number of carboxylic acids is 2. The van der Waals surface area contributed by atoms with Crippen molar-refractivity contribution in [3.8, 4) is 0 Å². The van der Waals surface area contributed by atoms with Crippen molar-refractivity contribution in [2.75, 3.05) is 39.3 Å². The molecule has 0 atom stereocenters. The molecule has 7 nitrogen and oxygen atoms in total. The van der Waals surface area contributed by atoms with Crippen molar-refractivity contribution in [2.24, 2.45) is 4.99 Å². The fourth-order valence-electron chi connectivity index (χ4n) is 3.00. The summed E-state index contributed by atoms with van der Waals surface area (Å²) in [5.41, 5.74) is 0. The Hall–Kier alpha value is -1.63. The number of carboxylic acid groups (broad SMARTS) is 2. The molecule has 0 saturated heterocycles. The fourth-order valence-corrected chi connectivity index (χ4v) is 3.00. The normalized spacial score (nSPS) is 14.2. The van der Waals surface area contributed by atoms with E-state index in [9.17, 15) is 9.59 Å². The summed E-state index contributed by atoms with van der Waals surface area (Å²) < 4.78 is 0. The Balaban J connectivity index is 2.35. The number of rotatable bonds is 15. The van der Waals surface area contributed by atoms with Crippen LogP contribution in [0.25, 0.3) is 0 Å². The molecule has 0 aromatic carbocycles. The molecule has 144 valence electrons. The van der Waals surface area contributed by atoms with E-state index in [-0.39, 0.29) is 12.8 Å². The number of hydrogen-bond acceptors (Lipinski definition) is 5. The van der Waals surface area contributed by atoms with Crippen LogP contribution < -0.4 is 0 Å². The van der Waals surface area contributed by atoms with E-state index < -0.39 is 11.9 Å². The highest BCUT2D eigenvalue weighted by molar-refractivity contribution is 5.83. The molecule has 1 heterocycles. The summed E-state index contributed by atoms with van der Waals surface area (Å²) in [6, 6.07) is 0. The molecule has 0 aromatic rings. The fraction of sp³-hybridized carbons (Fsp3) is 0.833. The minimum absolute atomic E-state index is 0.0397. The molecule has 0 fully saturated rings. The highest BCUT2D eigenvalue weighted by Gasteiger charge is 2.18. The molecule has 0 amide bonds. The van der Waals surface area contributed by atoms with Gasteiger partial charge in [-0.05, 0) is 6.42 Å². The van der Waals surface area contributed by atoms with Crippen molar-refractivity contribution >= 4 is 17.8 Å². The van der Waals surface area contributed by atoms with E-state index in [0.717, 1.165) is 38.3 Å². The zero-order valence-electron chi connectivity index (χ0n) is 15.5. The molecule has 0 aliphatic carbocycles. The Morgan fingerprint density at radius 1 is 1.04 bits per heavy atom. The minimum Gasteiger partial charge on any atom is -0.481 e. The van der Waals surface area contributed by atoms with Crippen LogP contribution in [0.1, 0.15) is 58.3 Å². The van der Waals surface area contributed by atoms with Crippen molar-refractivity contribution < 1.29 is 19.8 Å². The highest BCUT2D eigenvalue weighted by Crippen LogP contribution is 2.11. The number of carbonyl (C=O) groups is 2. The molecule has 1 aliphatic heterocycles. The van der Waals surface area contributed by atoms with Gasteiger partial charge in [-0.1, -0.05) is 32.6 Å². The second-order valence-corrected chi connectivity index (χ2v) is 6.58. The first-order valence-corrected chi connectivity index (χ1v) is 9.47. The van der Waals surface area contributed by atoms with Crippen molar-refractivity contribution in [2.45, 2.75) is 58.3 Å². The molecule has 1 rings (SSSR count). The van der Waals surface area contributed by atoms with Crippen LogP contribution in [0.5, 0.6) is 0 Å². The summed E-state index contributed by atoms with van der Waals surface area (Å²) in [6.07, 6.45) is 7.31. The second kappa shape index (κ2) is 12.7. The van der Waals surface area contributed by atoms with Gasteiger partial charge in [0, 0.05) is 39.1 Å². The Bertz CT molecular complexity index is 422. The Labute approximate surface area is 150 Å². The number of aliphatic carboxylic acids is 2. The summed E-state index contributed by atoms with van der Waals surface area (Å²) in [4.78, 5) is 30.3. The zero-order valence-corrected chi connectivity index (χ0v) is 15.5. The molecule has 0 unspecified atom stereocenters. The number of amidine groups is 1. The molecule has 1 aliphatic rings. The third-order valence-corrected chi connectivity index (χ3v) is 4.50. The predicted octanol–water partition coefficient (Wildman–Crippen LogP) is 2.31. The van der Waals surface area contributed by atoms with Gasteiger partial charge in [0.15, 0.2) is 0 Å². The van der Waals surface area contributed by atoms with Crippen molar-refractivity contribution in [3.05, 3.63) is 0 Å². The van der Waals surface area contributed by atoms with Crippen LogP contribution in [0, 0.1) is 0 Å². The molecule has 0 bridgehead atoms. The maximum atomic E-state index is 10.8. The standard InChI is InChI=1S/C18H33N3O4/c1-2-3-4-5-6-7-16-19-10-13-21(16)15-14-20(11-8-17(22)23)12-9-18(24)25/h2-15H2,1H3,(H,22,23)(H,24,25). The molecule has 0 saturated carbocycles. The highest BCUT2D eigenvalue weighted by atomic mass is 16.4. The minimum atomic E-state index is -0.851. The summed E-state index contributed by atoms with van der Waals surface area (Å²) in [5.74, 6) is -0.542. The molecular formula is C18H33N3O4. The van der Waals surface area contributed by atoms with Gasteiger partial charge < -0.3 is 20.0 Å². The van der Waals surface area contributed by atoms with E-state index >= 15 is 0 Å².